The highest BCUT2D eigenvalue weighted by Gasteiger charge is 2.06. The molecular weight excluding hydrogens is 168 g/mol. The molecule has 68 valence electrons. The van der Waals surface area contributed by atoms with Crippen LogP contribution in [0.2, 0.25) is 0 Å². The van der Waals surface area contributed by atoms with E-state index in [2.05, 4.69) is 9.46 Å². The number of nitrogens with two attached hydrogens (primary N) is 1. The summed E-state index contributed by atoms with van der Waals surface area (Å²) in [6.45, 7) is 0.804. The summed E-state index contributed by atoms with van der Waals surface area (Å²) in [6, 6.07) is 0. The van der Waals surface area contributed by atoms with Gasteiger partial charge in [0.05, 0.1) is 12.4 Å². The molecule has 0 bridgehead atoms. The summed E-state index contributed by atoms with van der Waals surface area (Å²) in [4.78, 5) is 0. The summed E-state index contributed by atoms with van der Waals surface area (Å²) >= 11 is 0. The van der Waals surface area contributed by atoms with Crippen molar-refractivity contribution in [1.82, 2.24) is 4.72 Å². The fourth-order valence-corrected chi connectivity index (χ4v) is 1.44. The van der Waals surface area contributed by atoms with Crippen molar-refractivity contribution in [2.24, 2.45) is 5.73 Å². The molecule has 0 spiro atoms. The number of hydrogen-bond acceptors (Lipinski definition) is 4. The molecule has 0 rings (SSSR count). The zero-order chi connectivity index (χ0) is 8.74. The molecule has 5 nitrogen and oxygen atoms in total. The molecule has 0 saturated heterocycles. The third kappa shape index (κ3) is 6.24. The minimum Gasteiger partial charge on any atom is -0.384 e. The minimum absolute atomic E-state index is 0.0104. The van der Waals surface area contributed by atoms with Gasteiger partial charge in [0, 0.05) is 20.2 Å². The second-order valence-corrected chi connectivity index (χ2v) is 3.92. The Bertz CT molecular complexity index is 164. The lowest BCUT2D eigenvalue weighted by Crippen LogP contribution is -2.32. The van der Waals surface area contributed by atoms with E-state index in [4.69, 9.17) is 5.73 Å². The molecule has 0 aliphatic heterocycles. The predicted molar refractivity (Wildman–Crippen MR) is 42.7 cm³/mol. The quantitative estimate of drug-likeness (QED) is 0.524. The van der Waals surface area contributed by atoms with Gasteiger partial charge in [-0.25, -0.2) is 13.1 Å². The van der Waals surface area contributed by atoms with Crippen LogP contribution < -0.4 is 10.5 Å². The van der Waals surface area contributed by atoms with Gasteiger partial charge in [0.25, 0.3) is 0 Å². The molecule has 0 aliphatic rings. The van der Waals surface area contributed by atoms with Crippen LogP contribution in [0.5, 0.6) is 0 Å². The first-order chi connectivity index (χ1) is 5.12. The third-order valence-corrected chi connectivity index (χ3v) is 2.37. The molecule has 0 aromatic carbocycles. The van der Waals surface area contributed by atoms with Crippen LogP contribution in [0.3, 0.4) is 0 Å². The zero-order valence-corrected chi connectivity index (χ0v) is 7.36. The van der Waals surface area contributed by atoms with Crippen LogP contribution in [-0.2, 0) is 14.8 Å². The second-order valence-electron chi connectivity index (χ2n) is 1.99. The van der Waals surface area contributed by atoms with Crippen molar-refractivity contribution in [3.8, 4) is 0 Å². The molecule has 0 fully saturated rings. The second kappa shape index (κ2) is 5.48. The van der Waals surface area contributed by atoms with E-state index in [1.54, 1.807) is 0 Å². The van der Waals surface area contributed by atoms with E-state index in [0.717, 1.165) is 0 Å². The summed E-state index contributed by atoms with van der Waals surface area (Å²) in [5, 5.41) is 0. The number of rotatable bonds is 6. The molecule has 0 aromatic rings. The van der Waals surface area contributed by atoms with E-state index in [1.165, 1.54) is 7.11 Å². The fourth-order valence-electron chi connectivity index (χ4n) is 0.480. The van der Waals surface area contributed by atoms with Crippen molar-refractivity contribution in [3.05, 3.63) is 0 Å². The number of methoxy groups -OCH3 is 1. The largest absolute Gasteiger partial charge is 0.384 e. The molecule has 0 aliphatic carbocycles. The standard InChI is InChI=1S/C5H14N2O3S/c1-10-4-5-11(8,9)7-3-2-6/h7H,2-6H2,1H3. The highest BCUT2D eigenvalue weighted by molar-refractivity contribution is 7.89. The van der Waals surface area contributed by atoms with Crippen LogP contribution in [0.4, 0.5) is 0 Å². The van der Waals surface area contributed by atoms with Crippen molar-refractivity contribution in [3.63, 3.8) is 0 Å². The molecular formula is C5H14N2O3S. The van der Waals surface area contributed by atoms with E-state index in [0.29, 0.717) is 6.54 Å². The van der Waals surface area contributed by atoms with Crippen LogP contribution >= 0.6 is 0 Å². The van der Waals surface area contributed by atoms with Crippen LogP contribution in [0.25, 0.3) is 0 Å². The Hall–Kier alpha value is -0.170. The van der Waals surface area contributed by atoms with Crippen molar-refractivity contribution in [2.75, 3.05) is 32.6 Å². The van der Waals surface area contributed by atoms with Crippen molar-refractivity contribution < 1.29 is 13.2 Å². The van der Waals surface area contributed by atoms with Gasteiger partial charge in [-0.15, -0.1) is 0 Å². The highest BCUT2D eigenvalue weighted by atomic mass is 32.2. The Labute approximate surface area is 67.0 Å². The molecule has 0 unspecified atom stereocenters. The first-order valence-electron chi connectivity index (χ1n) is 3.28. The summed E-state index contributed by atoms with van der Waals surface area (Å²) in [5.41, 5.74) is 5.11. The Balaban J connectivity index is 3.63. The first kappa shape index (κ1) is 10.8. The molecule has 0 atom stereocenters. The van der Waals surface area contributed by atoms with E-state index < -0.39 is 10.0 Å². The molecule has 0 heterocycles. The highest BCUT2D eigenvalue weighted by Crippen LogP contribution is 1.82. The number of sulfonamides is 1. The maximum absolute atomic E-state index is 10.9. The van der Waals surface area contributed by atoms with Gasteiger partial charge in [0.15, 0.2) is 0 Å². The first-order valence-corrected chi connectivity index (χ1v) is 4.94. The van der Waals surface area contributed by atoms with Gasteiger partial charge in [-0.3, -0.25) is 0 Å². The van der Waals surface area contributed by atoms with Gasteiger partial charge in [0.1, 0.15) is 0 Å². The molecule has 0 aromatic heterocycles. The topological polar surface area (TPSA) is 81.4 Å². The monoisotopic (exact) mass is 182 g/mol. The van der Waals surface area contributed by atoms with Gasteiger partial charge in [-0.05, 0) is 0 Å². The summed E-state index contributed by atoms with van der Waals surface area (Å²) in [7, 11) is -1.70. The van der Waals surface area contributed by atoms with E-state index in [1.807, 2.05) is 0 Å². The molecule has 0 amide bonds. The average Bonchev–Trinajstić information content (AvgIpc) is 1.97. The van der Waals surface area contributed by atoms with Gasteiger partial charge in [0.2, 0.25) is 10.0 Å². The van der Waals surface area contributed by atoms with E-state index >= 15 is 0 Å². The third-order valence-electron chi connectivity index (χ3n) is 1.02. The van der Waals surface area contributed by atoms with Crippen molar-refractivity contribution >= 4 is 10.0 Å². The van der Waals surface area contributed by atoms with Crippen LogP contribution in [0, 0.1) is 0 Å². The van der Waals surface area contributed by atoms with E-state index in [-0.39, 0.29) is 18.9 Å². The number of nitrogens with one attached hydrogen (secondary N) is 1. The van der Waals surface area contributed by atoms with Crippen LogP contribution in [0.15, 0.2) is 0 Å². The maximum Gasteiger partial charge on any atom is 0.213 e. The van der Waals surface area contributed by atoms with Crippen molar-refractivity contribution in [2.45, 2.75) is 0 Å². The summed E-state index contributed by atoms with van der Waals surface area (Å²) < 4.78 is 28.7. The Morgan fingerprint density at radius 3 is 2.64 bits per heavy atom. The lowest BCUT2D eigenvalue weighted by Gasteiger charge is -2.03. The van der Waals surface area contributed by atoms with Gasteiger partial charge >= 0.3 is 0 Å². The number of ether oxygens (including phenoxy) is 1. The Morgan fingerprint density at radius 2 is 2.18 bits per heavy atom. The van der Waals surface area contributed by atoms with Gasteiger partial charge < -0.3 is 10.5 Å². The Kier molecular flexibility index (Phi) is 5.39. The molecule has 0 radical (unpaired) electrons. The lowest BCUT2D eigenvalue weighted by atomic mass is 10.7. The lowest BCUT2D eigenvalue weighted by molar-refractivity contribution is 0.217. The van der Waals surface area contributed by atoms with Gasteiger partial charge in [-0.1, -0.05) is 0 Å². The molecule has 3 N–H and O–H groups in total. The van der Waals surface area contributed by atoms with Gasteiger partial charge in [-0.2, -0.15) is 0 Å². The number of hydrogen-bond donors (Lipinski definition) is 2. The normalized spacial score (nSPS) is 11.8. The zero-order valence-electron chi connectivity index (χ0n) is 6.54. The molecule has 0 saturated carbocycles. The smallest absolute Gasteiger partial charge is 0.213 e. The van der Waals surface area contributed by atoms with Crippen molar-refractivity contribution in [1.29, 1.82) is 0 Å². The Morgan fingerprint density at radius 1 is 1.55 bits per heavy atom. The summed E-state index contributed by atoms with van der Waals surface area (Å²) in [5.74, 6) is -0.0104. The van der Waals surface area contributed by atoms with E-state index in [9.17, 15) is 8.42 Å². The maximum atomic E-state index is 10.9. The minimum atomic E-state index is -3.16. The summed E-state index contributed by atoms with van der Waals surface area (Å²) in [6.07, 6.45) is 0. The molecule has 6 heteroatoms. The van der Waals surface area contributed by atoms with Crippen LogP contribution in [0.1, 0.15) is 0 Å². The average molecular weight is 182 g/mol. The molecule has 11 heavy (non-hydrogen) atoms. The van der Waals surface area contributed by atoms with Crippen LogP contribution in [-0.4, -0.2) is 41.0 Å². The predicted octanol–water partition coefficient (Wildman–Crippen LogP) is -1.49. The fraction of sp³-hybridized carbons (Fsp3) is 1.00. The SMILES string of the molecule is COCCS(=O)(=O)NCCN.